The SMILES string of the molecule is C=Cc1ccc(OCCCCC2(c3ccccc3)c3ccccc3-c3ccc(N(c4ccccc4)c4ccc(-c5ccc(-c6cc(CCCC)c(N(c7ccccc7)c7ccc8c(c7)C(CCCCOc7ccc(C=C)cc7)(c7ccccc7)c7ccccc7-8)cc6CCCC)cc5)cc4)cc32)cc1. The molecule has 0 bridgehead atoms. The maximum Gasteiger partial charge on any atom is 0.119 e. The standard InChI is InChI=1S/C100H92N2O2/c1-5-9-31-78-70-98(102(83-39-21-14-22-40-83)86-58-64-92-90-42-24-26-44-95(90)100(97(92)72-86,81-35-17-12-18-36-81)66-28-30-68-104-88-61-47-74(8-4)48-62-88)79(32-10-6-2)69-93(78)77-51-49-75(50-52-77)76-53-55-84(56-54-76)101(82-37-19-13-20-38-82)85-57-63-91-89-41-23-25-43-94(89)99(96(91)71-85,80-33-15-11-16-34-80)65-27-29-67-103-87-59-45-73(7-3)46-60-87/h7-8,11-26,33-64,69-72H,3-6,9-10,27-32,65-68H2,1-2H3. The number of fused-ring (bicyclic) bond motifs is 6. The van der Waals surface area contributed by atoms with Crippen LogP contribution in [0.4, 0.5) is 34.1 Å². The average molecular weight is 1350 g/mol. The Labute approximate surface area is 617 Å². The molecule has 0 radical (unpaired) electrons. The third-order valence-electron chi connectivity index (χ3n) is 21.8. The first-order valence-electron chi connectivity index (χ1n) is 37.8. The predicted octanol–water partition coefficient (Wildman–Crippen LogP) is 27.1. The molecule has 104 heavy (non-hydrogen) atoms. The molecule has 0 heterocycles. The first-order chi connectivity index (χ1) is 51.4. The zero-order valence-corrected chi connectivity index (χ0v) is 60.2. The van der Waals surface area contributed by atoms with Gasteiger partial charge in [-0.25, -0.2) is 0 Å². The van der Waals surface area contributed by atoms with Crippen molar-refractivity contribution >= 4 is 46.3 Å². The topological polar surface area (TPSA) is 24.9 Å². The van der Waals surface area contributed by atoms with Gasteiger partial charge in [-0.1, -0.05) is 270 Å². The molecule has 0 saturated carbocycles. The molecule has 0 saturated heterocycles. The van der Waals surface area contributed by atoms with Gasteiger partial charge in [0.05, 0.1) is 13.2 Å². The van der Waals surface area contributed by atoms with Gasteiger partial charge < -0.3 is 19.3 Å². The summed E-state index contributed by atoms with van der Waals surface area (Å²) in [7, 11) is 0. The van der Waals surface area contributed by atoms with Crippen molar-refractivity contribution in [1.82, 2.24) is 0 Å². The first kappa shape index (κ1) is 68.3. The van der Waals surface area contributed by atoms with Crippen molar-refractivity contribution in [1.29, 1.82) is 0 Å². The van der Waals surface area contributed by atoms with E-state index in [1.165, 1.54) is 100 Å². The van der Waals surface area contributed by atoms with Crippen molar-refractivity contribution in [2.75, 3.05) is 23.0 Å². The number of rotatable bonds is 30. The molecule has 2 unspecified atom stereocenters. The van der Waals surface area contributed by atoms with Gasteiger partial charge in [0.2, 0.25) is 0 Å². The molecule has 2 aliphatic carbocycles. The highest BCUT2D eigenvalue weighted by Crippen LogP contribution is 2.59. The molecule has 0 N–H and O–H groups in total. The molecule has 514 valence electrons. The van der Waals surface area contributed by atoms with E-state index < -0.39 is 0 Å². The van der Waals surface area contributed by atoms with E-state index >= 15 is 0 Å². The van der Waals surface area contributed by atoms with E-state index in [0.717, 1.165) is 122 Å². The summed E-state index contributed by atoms with van der Waals surface area (Å²) in [6, 6.07) is 117. The van der Waals surface area contributed by atoms with Crippen molar-refractivity contribution in [2.24, 2.45) is 0 Å². The Hall–Kier alpha value is -11.5. The van der Waals surface area contributed by atoms with Crippen LogP contribution in [0.2, 0.25) is 0 Å². The number of unbranched alkanes of at least 4 members (excludes halogenated alkanes) is 4. The van der Waals surface area contributed by atoms with Crippen molar-refractivity contribution in [3.63, 3.8) is 0 Å². The zero-order valence-electron chi connectivity index (χ0n) is 60.2. The molecule has 0 spiro atoms. The van der Waals surface area contributed by atoms with Gasteiger partial charge in [-0.05, 0) is 261 Å². The summed E-state index contributed by atoms with van der Waals surface area (Å²) in [6.07, 6.45) is 15.8. The Balaban J connectivity index is 0.750. The van der Waals surface area contributed by atoms with Gasteiger partial charge in [0.15, 0.2) is 0 Å². The largest absolute Gasteiger partial charge is 0.494 e. The van der Waals surface area contributed by atoms with Crippen molar-refractivity contribution < 1.29 is 9.47 Å². The van der Waals surface area contributed by atoms with Crippen LogP contribution in [0.3, 0.4) is 0 Å². The molecule has 0 amide bonds. The Bertz CT molecular complexity index is 5070. The fourth-order valence-electron chi connectivity index (χ4n) is 16.6. The third-order valence-corrected chi connectivity index (χ3v) is 21.8. The zero-order chi connectivity index (χ0) is 70.7. The van der Waals surface area contributed by atoms with Gasteiger partial charge >= 0.3 is 0 Å². The molecule has 4 nitrogen and oxygen atoms in total. The molecule has 0 fully saturated rings. The van der Waals surface area contributed by atoms with Crippen LogP contribution in [0.15, 0.2) is 329 Å². The van der Waals surface area contributed by atoms with Crippen molar-refractivity contribution in [2.45, 2.75) is 102 Å². The van der Waals surface area contributed by atoms with Gasteiger partial charge in [0.1, 0.15) is 11.5 Å². The Morgan fingerprint density at radius 2 is 0.692 bits per heavy atom. The van der Waals surface area contributed by atoms with E-state index in [-0.39, 0.29) is 10.8 Å². The van der Waals surface area contributed by atoms with Crippen LogP contribution >= 0.6 is 0 Å². The van der Waals surface area contributed by atoms with Crippen LogP contribution in [0.25, 0.3) is 56.7 Å². The van der Waals surface area contributed by atoms with Crippen LogP contribution < -0.4 is 19.3 Å². The third kappa shape index (κ3) is 13.7. The summed E-state index contributed by atoms with van der Waals surface area (Å²) in [5.41, 5.74) is 29.3. The maximum atomic E-state index is 6.37. The normalized spacial score (nSPS) is 14.6. The number of hydrogen-bond donors (Lipinski definition) is 0. The van der Waals surface area contributed by atoms with E-state index in [1.54, 1.807) is 0 Å². The van der Waals surface area contributed by atoms with Crippen molar-refractivity contribution in [3.05, 3.63) is 384 Å². The number of nitrogens with zero attached hydrogens (tertiary/aromatic N) is 2. The van der Waals surface area contributed by atoms with Gasteiger partial charge in [-0.2, -0.15) is 0 Å². The minimum absolute atomic E-state index is 0.363. The van der Waals surface area contributed by atoms with E-state index in [2.05, 4.69) is 328 Å². The number of anilines is 6. The first-order valence-corrected chi connectivity index (χ1v) is 37.8. The summed E-state index contributed by atoms with van der Waals surface area (Å²) in [4.78, 5) is 5.01. The van der Waals surface area contributed by atoms with Crippen LogP contribution in [0.5, 0.6) is 11.5 Å². The summed E-state index contributed by atoms with van der Waals surface area (Å²) in [6.45, 7) is 13.8. The quantitative estimate of drug-likeness (QED) is 0.0419. The molecule has 15 rings (SSSR count). The van der Waals surface area contributed by atoms with Gasteiger partial charge in [0, 0.05) is 45.0 Å². The highest BCUT2D eigenvalue weighted by molar-refractivity contribution is 5.91. The molecule has 2 atom stereocenters. The van der Waals surface area contributed by atoms with E-state index in [4.69, 9.17) is 9.47 Å². The molecule has 2 aliphatic rings. The summed E-state index contributed by atoms with van der Waals surface area (Å²) < 4.78 is 12.7. The van der Waals surface area contributed by atoms with Crippen LogP contribution in [0, 0.1) is 0 Å². The lowest BCUT2D eigenvalue weighted by Gasteiger charge is -2.35. The minimum atomic E-state index is -0.374. The monoisotopic (exact) mass is 1350 g/mol. The second kappa shape index (κ2) is 31.4. The lowest BCUT2D eigenvalue weighted by Crippen LogP contribution is -2.27. The second-order valence-corrected chi connectivity index (χ2v) is 28.1. The van der Waals surface area contributed by atoms with E-state index in [9.17, 15) is 0 Å². The van der Waals surface area contributed by atoms with E-state index in [0.29, 0.717) is 13.2 Å². The van der Waals surface area contributed by atoms with Crippen LogP contribution in [0.1, 0.15) is 134 Å². The Morgan fingerprint density at radius 3 is 1.16 bits per heavy atom. The van der Waals surface area contributed by atoms with Crippen LogP contribution in [-0.4, -0.2) is 13.2 Å². The lowest BCUT2D eigenvalue weighted by molar-refractivity contribution is 0.301. The molecule has 4 heteroatoms. The van der Waals surface area contributed by atoms with Gasteiger partial charge in [-0.15, -0.1) is 0 Å². The maximum absolute atomic E-state index is 6.37. The average Bonchev–Trinajstić information content (AvgIpc) is 1.55. The minimum Gasteiger partial charge on any atom is -0.494 e. The summed E-state index contributed by atoms with van der Waals surface area (Å²) in [5.74, 6) is 1.78. The summed E-state index contributed by atoms with van der Waals surface area (Å²) in [5, 5.41) is 0. The number of ether oxygens (including phenoxy) is 2. The molecular weight excluding hydrogens is 1260 g/mol. The highest BCUT2D eigenvalue weighted by atomic mass is 16.5. The van der Waals surface area contributed by atoms with E-state index in [1.807, 2.05) is 36.4 Å². The lowest BCUT2D eigenvalue weighted by atomic mass is 9.69. The number of para-hydroxylation sites is 2. The van der Waals surface area contributed by atoms with Gasteiger partial charge in [-0.3, -0.25) is 0 Å². The number of aryl methyl sites for hydroxylation is 2. The smallest absolute Gasteiger partial charge is 0.119 e. The highest BCUT2D eigenvalue weighted by Gasteiger charge is 2.46. The number of hydrogen-bond acceptors (Lipinski definition) is 4. The number of benzene rings is 13. The summed E-state index contributed by atoms with van der Waals surface area (Å²) >= 11 is 0. The second-order valence-electron chi connectivity index (χ2n) is 28.1. The fourth-order valence-corrected chi connectivity index (χ4v) is 16.6. The van der Waals surface area contributed by atoms with Crippen LogP contribution in [-0.2, 0) is 23.7 Å². The predicted molar refractivity (Wildman–Crippen MR) is 439 cm³/mol. The molecule has 13 aromatic carbocycles. The molecule has 0 aromatic heterocycles. The molecular formula is C100H92N2O2. The Morgan fingerprint density at radius 1 is 0.308 bits per heavy atom. The molecule has 13 aromatic rings. The Kier molecular flexibility index (Phi) is 20.6. The molecule has 0 aliphatic heterocycles. The fraction of sp³-hybridized carbons (Fsp3) is 0.180. The van der Waals surface area contributed by atoms with Gasteiger partial charge in [0.25, 0.3) is 0 Å². The van der Waals surface area contributed by atoms with Crippen molar-refractivity contribution in [3.8, 4) is 56.0 Å².